The molecule has 0 radical (unpaired) electrons. The lowest BCUT2D eigenvalue weighted by molar-refractivity contribution is -0.120. The summed E-state index contributed by atoms with van der Waals surface area (Å²) in [5.74, 6) is -0.0837. The van der Waals surface area contributed by atoms with Crippen LogP contribution in [0.2, 0.25) is 0 Å². The van der Waals surface area contributed by atoms with Crippen molar-refractivity contribution in [2.75, 3.05) is 25.0 Å². The fourth-order valence-electron chi connectivity index (χ4n) is 1.63. The van der Waals surface area contributed by atoms with E-state index in [0.717, 1.165) is 13.0 Å². The van der Waals surface area contributed by atoms with E-state index >= 15 is 0 Å². The molecule has 116 valence electrons. The van der Waals surface area contributed by atoms with Crippen LogP contribution >= 0.6 is 0 Å². The number of anilines is 1. The molecule has 6 heteroatoms. The van der Waals surface area contributed by atoms with Crippen LogP contribution in [0.4, 0.5) is 5.69 Å². The van der Waals surface area contributed by atoms with Gasteiger partial charge in [0.1, 0.15) is 0 Å². The molecule has 0 aromatic carbocycles. The molecule has 3 N–H and O–H groups in total. The number of aromatic nitrogens is 1. The summed E-state index contributed by atoms with van der Waals surface area (Å²) < 4.78 is 0. The van der Waals surface area contributed by atoms with Gasteiger partial charge in [-0.2, -0.15) is 0 Å². The van der Waals surface area contributed by atoms with Crippen LogP contribution in [0.15, 0.2) is 18.5 Å². The third-order valence-electron chi connectivity index (χ3n) is 2.75. The predicted molar refractivity (Wildman–Crippen MR) is 83.2 cm³/mol. The molecule has 1 aromatic heterocycles. The average molecular weight is 292 g/mol. The highest BCUT2D eigenvalue weighted by Gasteiger charge is 2.12. The van der Waals surface area contributed by atoms with Crippen molar-refractivity contribution in [2.45, 2.75) is 27.2 Å². The number of nitrogens with one attached hydrogen (secondary N) is 3. The second kappa shape index (κ2) is 8.94. The zero-order chi connectivity index (χ0) is 15.7. The predicted octanol–water partition coefficient (Wildman–Crippen LogP) is 1.41. The van der Waals surface area contributed by atoms with Gasteiger partial charge in [-0.05, 0) is 18.4 Å². The minimum absolute atomic E-state index is 0.0267. The van der Waals surface area contributed by atoms with Gasteiger partial charge in [-0.1, -0.05) is 20.8 Å². The first-order valence-electron chi connectivity index (χ1n) is 7.27. The Hall–Kier alpha value is -2.11. The number of amides is 2. The van der Waals surface area contributed by atoms with Crippen LogP contribution in [0.3, 0.4) is 0 Å². The SMILES string of the molecule is CCCNc1cnccc1C(=O)NCC(=O)NCC(C)C. The molecular formula is C15H24N4O2. The lowest BCUT2D eigenvalue weighted by Gasteiger charge is -2.11. The molecule has 21 heavy (non-hydrogen) atoms. The molecule has 0 saturated heterocycles. The van der Waals surface area contributed by atoms with E-state index in [4.69, 9.17) is 0 Å². The second-order valence-electron chi connectivity index (χ2n) is 5.23. The highest BCUT2D eigenvalue weighted by molar-refractivity contribution is 6.00. The van der Waals surface area contributed by atoms with Crippen molar-refractivity contribution < 1.29 is 9.59 Å². The first-order valence-corrected chi connectivity index (χ1v) is 7.27. The summed E-state index contributed by atoms with van der Waals surface area (Å²) >= 11 is 0. The number of carbonyl (C=O) groups is 2. The van der Waals surface area contributed by atoms with Crippen molar-refractivity contribution in [1.82, 2.24) is 15.6 Å². The zero-order valence-corrected chi connectivity index (χ0v) is 12.9. The Labute approximate surface area is 125 Å². The Morgan fingerprint density at radius 1 is 1.29 bits per heavy atom. The quantitative estimate of drug-likeness (QED) is 0.676. The Kier molecular flexibility index (Phi) is 7.21. The van der Waals surface area contributed by atoms with Crippen LogP contribution < -0.4 is 16.0 Å². The van der Waals surface area contributed by atoms with Crippen LogP contribution in [-0.2, 0) is 4.79 Å². The van der Waals surface area contributed by atoms with Gasteiger partial charge in [-0.25, -0.2) is 0 Å². The van der Waals surface area contributed by atoms with E-state index in [2.05, 4.69) is 20.9 Å². The van der Waals surface area contributed by atoms with Crippen LogP contribution in [0.1, 0.15) is 37.6 Å². The van der Waals surface area contributed by atoms with Gasteiger partial charge >= 0.3 is 0 Å². The van der Waals surface area contributed by atoms with Gasteiger partial charge in [-0.3, -0.25) is 14.6 Å². The van der Waals surface area contributed by atoms with E-state index in [1.54, 1.807) is 18.5 Å². The van der Waals surface area contributed by atoms with Crippen LogP contribution in [-0.4, -0.2) is 36.4 Å². The molecule has 2 amide bonds. The van der Waals surface area contributed by atoms with Crippen LogP contribution in [0, 0.1) is 5.92 Å². The van der Waals surface area contributed by atoms with E-state index in [9.17, 15) is 9.59 Å². The number of hydrogen-bond acceptors (Lipinski definition) is 4. The number of hydrogen-bond donors (Lipinski definition) is 3. The summed E-state index contributed by atoms with van der Waals surface area (Å²) in [7, 11) is 0. The van der Waals surface area contributed by atoms with Gasteiger partial charge in [0.25, 0.3) is 5.91 Å². The van der Waals surface area contributed by atoms with Gasteiger partial charge in [0.05, 0.1) is 24.0 Å². The minimum Gasteiger partial charge on any atom is -0.383 e. The van der Waals surface area contributed by atoms with Crippen molar-refractivity contribution in [1.29, 1.82) is 0 Å². The molecule has 0 saturated carbocycles. The number of nitrogens with zero attached hydrogens (tertiary/aromatic N) is 1. The summed E-state index contributed by atoms with van der Waals surface area (Å²) in [5, 5.41) is 8.52. The maximum absolute atomic E-state index is 12.1. The molecule has 0 unspecified atom stereocenters. The molecule has 1 heterocycles. The highest BCUT2D eigenvalue weighted by Crippen LogP contribution is 2.12. The average Bonchev–Trinajstić information content (AvgIpc) is 2.48. The monoisotopic (exact) mass is 292 g/mol. The topological polar surface area (TPSA) is 83.1 Å². The van der Waals surface area contributed by atoms with Gasteiger partial charge in [0, 0.05) is 19.3 Å². The Balaban J connectivity index is 2.53. The van der Waals surface area contributed by atoms with Crippen LogP contribution in [0.25, 0.3) is 0 Å². The molecule has 1 rings (SSSR count). The van der Waals surface area contributed by atoms with Crippen molar-refractivity contribution in [3.05, 3.63) is 24.0 Å². The lowest BCUT2D eigenvalue weighted by atomic mass is 10.2. The van der Waals surface area contributed by atoms with Crippen molar-refractivity contribution in [3.8, 4) is 0 Å². The van der Waals surface area contributed by atoms with E-state index < -0.39 is 0 Å². The second-order valence-corrected chi connectivity index (χ2v) is 5.23. The first kappa shape index (κ1) is 16.9. The number of carbonyl (C=O) groups excluding carboxylic acids is 2. The fourth-order valence-corrected chi connectivity index (χ4v) is 1.63. The Morgan fingerprint density at radius 3 is 2.71 bits per heavy atom. The van der Waals surface area contributed by atoms with Gasteiger partial charge in [0.2, 0.25) is 5.91 Å². The lowest BCUT2D eigenvalue weighted by Crippen LogP contribution is -2.38. The molecule has 0 fully saturated rings. The standard InChI is InChI=1S/C15H24N4O2/c1-4-6-17-13-9-16-7-5-12(13)15(21)19-10-14(20)18-8-11(2)3/h5,7,9,11,17H,4,6,8,10H2,1-3H3,(H,18,20)(H,19,21). The highest BCUT2D eigenvalue weighted by atomic mass is 16.2. The Bertz CT molecular complexity index is 474. The largest absolute Gasteiger partial charge is 0.383 e. The summed E-state index contributed by atoms with van der Waals surface area (Å²) in [6, 6.07) is 1.64. The molecule has 0 spiro atoms. The van der Waals surface area contributed by atoms with Gasteiger partial charge in [0.15, 0.2) is 0 Å². The Morgan fingerprint density at radius 2 is 2.05 bits per heavy atom. The summed E-state index contributed by atoms with van der Waals surface area (Å²) in [4.78, 5) is 27.7. The third kappa shape index (κ3) is 6.25. The maximum atomic E-state index is 12.1. The number of rotatable bonds is 8. The first-order chi connectivity index (χ1) is 10.0. The zero-order valence-electron chi connectivity index (χ0n) is 12.9. The van der Waals surface area contributed by atoms with Crippen molar-refractivity contribution >= 4 is 17.5 Å². The van der Waals surface area contributed by atoms with E-state index in [1.807, 2.05) is 20.8 Å². The molecule has 1 aromatic rings. The van der Waals surface area contributed by atoms with E-state index in [1.165, 1.54) is 0 Å². The smallest absolute Gasteiger partial charge is 0.253 e. The van der Waals surface area contributed by atoms with E-state index in [-0.39, 0.29) is 18.4 Å². The third-order valence-corrected chi connectivity index (χ3v) is 2.75. The fraction of sp³-hybridized carbons (Fsp3) is 0.533. The maximum Gasteiger partial charge on any atom is 0.253 e. The van der Waals surface area contributed by atoms with Crippen molar-refractivity contribution in [3.63, 3.8) is 0 Å². The molecule has 0 aliphatic carbocycles. The van der Waals surface area contributed by atoms with Crippen molar-refractivity contribution in [2.24, 2.45) is 5.92 Å². The molecule has 0 bridgehead atoms. The molecule has 0 aliphatic heterocycles. The van der Waals surface area contributed by atoms with Gasteiger partial charge in [-0.15, -0.1) is 0 Å². The van der Waals surface area contributed by atoms with Crippen LogP contribution in [0.5, 0.6) is 0 Å². The minimum atomic E-state index is -0.282. The summed E-state index contributed by atoms with van der Waals surface area (Å²) in [5.41, 5.74) is 1.18. The normalized spacial score (nSPS) is 10.3. The molecule has 0 aliphatic rings. The molecule has 6 nitrogen and oxygen atoms in total. The molecule has 0 atom stereocenters. The van der Waals surface area contributed by atoms with E-state index in [0.29, 0.717) is 23.7 Å². The molecular weight excluding hydrogens is 268 g/mol. The number of pyridine rings is 1. The van der Waals surface area contributed by atoms with Gasteiger partial charge < -0.3 is 16.0 Å². The summed E-state index contributed by atoms with van der Waals surface area (Å²) in [6.45, 7) is 7.42. The summed E-state index contributed by atoms with van der Waals surface area (Å²) in [6.07, 6.45) is 4.13.